The van der Waals surface area contributed by atoms with Crippen molar-refractivity contribution in [2.45, 2.75) is 31.7 Å². The first kappa shape index (κ1) is 22.4. The van der Waals surface area contributed by atoms with Crippen molar-refractivity contribution in [2.24, 2.45) is 7.05 Å². The molecule has 160 valence electrons. The summed E-state index contributed by atoms with van der Waals surface area (Å²) in [4.78, 5) is 0. The number of hydrogen-bond donors (Lipinski definition) is 1. The van der Waals surface area contributed by atoms with Crippen molar-refractivity contribution in [3.63, 3.8) is 0 Å². The van der Waals surface area contributed by atoms with Gasteiger partial charge < -0.3 is 14.8 Å². The maximum Gasteiger partial charge on any atom is 0.209 e. The number of thioether (sulfide) groups is 1. The molecule has 0 aliphatic rings. The average molecular weight is 448 g/mol. The van der Waals surface area contributed by atoms with Gasteiger partial charge in [-0.25, -0.2) is 4.68 Å². The molecule has 3 aromatic rings. The van der Waals surface area contributed by atoms with Crippen molar-refractivity contribution < 1.29 is 9.47 Å². The molecule has 2 aromatic carbocycles. The Morgan fingerprint density at radius 2 is 2.07 bits per heavy atom. The summed E-state index contributed by atoms with van der Waals surface area (Å²) >= 11 is 8.13. The van der Waals surface area contributed by atoms with Crippen LogP contribution in [0.15, 0.2) is 41.6 Å². The van der Waals surface area contributed by atoms with Gasteiger partial charge >= 0.3 is 0 Å². The van der Waals surface area contributed by atoms with E-state index in [0.29, 0.717) is 29.7 Å². The molecule has 7 nitrogen and oxygen atoms in total. The van der Waals surface area contributed by atoms with Gasteiger partial charge in [-0.3, -0.25) is 0 Å². The van der Waals surface area contributed by atoms with E-state index in [9.17, 15) is 0 Å². The molecule has 3 rings (SSSR count). The van der Waals surface area contributed by atoms with Crippen LogP contribution in [0, 0.1) is 6.92 Å². The molecule has 0 aliphatic carbocycles. The van der Waals surface area contributed by atoms with Crippen LogP contribution in [0.2, 0.25) is 5.02 Å². The molecule has 0 radical (unpaired) electrons. The quantitative estimate of drug-likeness (QED) is 0.351. The van der Waals surface area contributed by atoms with Crippen LogP contribution in [0.4, 0.5) is 0 Å². The fraction of sp³-hybridized carbons (Fsp3) is 0.381. The van der Waals surface area contributed by atoms with Gasteiger partial charge in [0, 0.05) is 19.3 Å². The lowest BCUT2D eigenvalue weighted by Gasteiger charge is -2.15. The van der Waals surface area contributed by atoms with E-state index in [1.807, 2.05) is 31.3 Å². The molecular weight excluding hydrogens is 422 g/mol. The molecular formula is C21H26ClN5O2S. The van der Waals surface area contributed by atoms with Crippen molar-refractivity contribution in [1.29, 1.82) is 0 Å². The number of ether oxygens (including phenoxy) is 2. The van der Waals surface area contributed by atoms with Crippen LogP contribution in [0.25, 0.3) is 0 Å². The van der Waals surface area contributed by atoms with Crippen molar-refractivity contribution in [3.8, 4) is 11.5 Å². The molecule has 0 spiro atoms. The summed E-state index contributed by atoms with van der Waals surface area (Å²) in [5.41, 5.74) is 3.33. The van der Waals surface area contributed by atoms with Crippen LogP contribution >= 0.6 is 23.4 Å². The molecule has 0 unspecified atom stereocenters. The zero-order valence-corrected chi connectivity index (χ0v) is 19.0. The Morgan fingerprint density at radius 1 is 1.20 bits per heavy atom. The predicted molar refractivity (Wildman–Crippen MR) is 119 cm³/mol. The summed E-state index contributed by atoms with van der Waals surface area (Å²) in [5, 5.41) is 16.2. The minimum absolute atomic E-state index is 0.439. The Balaban J connectivity index is 1.48. The molecule has 0 fully saturated rings. The number of hydrogen-bond acceptors (Lipinski definition) is 7. The molecule has 1 heterocycles. The molecule has 1 N–H and O–H groups in total. The van der Waals surface area contributed by atoms with Crippen LogP contribution in [0.3, 0.4) is 0 Å². The number of aryl methyl sites for hydroxylation is 2. The zero-order chi connectivity index (χ0) is 21.3. The van der Waals surface area contributed by atoms with Gasteiger partial charge in [0.2, 0.25) is 5.16 Å². The summed E-state index contributed by atoms with van der Waals surface area (Å²) in [6.07, 6.45) is 1.00. The number of nitrogens with one attached hydrogen (secondary N) is 1. The highest BCUT2D eigenvalue weighted by Gasteiger charge is 2.12. The molecule has 0 aliphatic heterocycles. The first-order valence-corrected chi connectivity index (χ1v) is 11.0. The Labute approximate surface area is 186 Å². The molecule has 9 heteroatoms. The molecule has 0 amide bonds. The molecule has 0 saturated carbocycles. The first-order chi connectivity index (χ1) is 14.6. The van der Waals surface area contributed by atoms with E-state index in [-0.39, 0.29) is 0 Å². The average Bonchev–Trinajstić information content (AvgIpc) is 3.14. The lowest BCUT2D eigenvalue weighted by molar-refractivity contribution is 0.284. The zero-order valence-electron chi connectivity index (χ0n) is 17.4. The van der Waals surface area contributed by atoms with Crippen molar-refractivity contribution in [2.75, 3.05) is 19.4 Å². The third-order valence-electron chi connectivity index (χ3n) is 4.39. The van der Waals surface area contributed by atoms with Gasteiger partial charge in [0.15, 0.2) is 11.5 Å². The maximum absolute atomic E-state index is 6.49. The van der Waals surface area contributed by atoms with E-state index in [1.165, 1.54) is 5.56 Å². The lowest BCUT2D eigenvalue weighted by atomic mass is 10.1. The number of tetrazole rings is 1. The van der Waals surface area contributed by atoms with Crippen LogP contribution in [-0.2, 0) is 20.2 Å². The molecule has 0 bridgehead atoms. The normalized spacial score (nSPS) is 10.9. The third-order valence-corrected chi connectivity index (χ3v) is 5.77. The Hall–Kier alpha value is -2.29. The maximum atomic E-state index is 6.49. The van der Waals surface area contributed by atoms with Gasteiger partial charge in [-0.05, 0) is 53.6 Å². The highest BCUT2D eigenvalue weighted by atomic mass is 35.5. The highest BCUT2D eigenvalue weighted by Crippen LogP contribution is 2.37. The van der Waals surface area contributed by atoms with Gasteiger partial charge in [0.05, 0.1) is 12.1 Å². The van der Waals surface area contributed by atoms with Gasteiger partial charge in [0.1, 0.15) is 6.61 Å². The summed E-state index contributed by atoms with van der Waals surface area (Å²) in [6.45, 7) is 4.08. The Morgan fingerprint density at radius 3 is 2.80 bits per heavy atom. The molecule has 0 saturated heterocycles. The van der Waals surface area contributed by atoms with E-state index in [0.717, 1.165) is 35.0 Å². The van der Waals surface area contributed by atoms with Crippen molar-refractivity contribution >= 4 is 23.4 Å². The number of halogens is 1. The molecule has 1 aromatic heterocycles. The number of nitrogens with zero attached hydrogens (tertiary/aromatic N) is 4. The second kappa shape index (κ2) is 11.2. The summed E-state index contributed by atoms with van der Waals surface area (Å²) < 4.78 is 13.1. The van der Waals surface area contributed by atoms with Gasteiger partial charge in [-0.1, -0.05) is 53.2 Å². The number of benzene rings is 2. The van der Waals surface area contributed by atoms with Gasteiger partial charge in [0.25, 0.3) is 0 Å². The Bertz CT molecular complexity index is 966. The van der Waals surface area contributed by atoms with Crippen LogP contribution < -0.4 is 14.8 Å². The van der Waals surface area contributed by atoms with Crippen LogP contribution in [0.1, 0.15) is 23.1 Å². The number of methoxy groups -OCH3 is 1. The predicted octanol–water partition coefficient (Wildman–Crippen LogP) is 4.03. The monoisotopic (exact) mass is 447 g/mol. The lowest BCUT2D eigenvalue weighted by Crippen LogP contribution is -2.15. The highest BCUT2D eigenvalue weighted by molar-refractivity contribution is 7.99. The topological polar surface area (TPSA) is 74.1 Å². The number of aromatic nitrogens is 4. The SMILES string of the molecule is COc1cc(CNCCCSc2nnnn2C)cc(Cl)c1OCc1cccc(C)c1. The largest absolute Gasteiger partial charge is 0.493 e. The van der Waals surface area contributed by atoms with Gasteiger partial charge in [-0.15, -0.1) is 5.10 Å². The first-order valence-electron chi connectivity index (χ1n) is 9.67. The molecule has 30 heavy (non-hydrogen) atoms. The molecule has 0 atom stereocenters. The fourth-order valence-corrected chi connectivity index (χ4v) is 3.99. The van der Waals surface area contributed by atoms with E-state index in [4.69, 9.17) is 21.1 Å². The summed E-state index contributed by atoms with van der Waals surface area (Å²) in [5.74, 6) is 2.15. The smallest absolute Gasteiger partial charge is 0.209 e. The minimum atomic E-state index is 0.439. The second-order valence-corrected chi connectivity index (χ2v) is 8.32. The fourth-order valence-electron chi connectivity index (χ4n) is 2.91. The van der Waals surface area contributed by atoms with Crippen molar-refractivity contribution in [3.05, 3.63) is 58.1 Å². The standard InChI is InChI=1S/C21H26ClN5O2S/c1-15-6-4-7-16(10-15)14-29-20-18(22)11-17(12-19(20)28-3)13-23-8-5-9-30-21-24-25-26-27(21)2/h4,6-7,10-12,23H,5,8-9,13-14H2,1-3H3. The second-order valence-electron chi connectivity index (χ2n) is 6.85. The van der Waals surface area contributed by atoms with E-state index in [1.54, 1.807) is 23.6 Å². The van der Waals surface area contributed by atoms with E-state index in [2.05, 4.69) is 39.9 Å². The van der Waals surface area contributed by atoms with Crippen molar-refractivity contribution in [1.82, 2.24) is 25.5 Å². The summed E-state index contributed by atoms with van der Waals surface area (Å²) in [7, 11) is 3.47. The van der Waals surface area contributed by atoms with E-state index >= 15 is 0 Å². The minimum Gasteiger partial charge on any atom is -0.493 e. The third kappa shape index (κ3) is 6.35. The van der Waals surface area contributed by atoms with Crippen LogP contribution in [0.5, 0.6) is 11.5 Å². The summed E-state index contributed by atoms with van der Waals surface area (Å²) in [6, 6.07) is 12.1. The van der Waals surface area contributed by atoms with Crippen LogP contribution in [-0.4, -0.2) is 39.6 Å². The number of rotatable bonds is 11. The van der Waals surface area contributed by atoms with Gasteiger partial charge in [-0.2, -0.15) is 0 Å². The Kier molecular flexibility index (Phi) is 8.36. The van der Waals surface area contributed by atoms with E-state index < -0.39 is 0 Å².